The molecule has 39 heavy (non-hydrogen) atoms. The number of aromatic nitrogens is 6. The van der Waals surface area contributed by atoms with Gasteiger partial charge in [0, 0.05) is 42.5 Å². The number of carbonyl (C=O) groups is 1. The van der Waals surface area contributed by atoms with Gasteiger partial charge in [0.2, 0.25) is 5.91 Å². The van der Waals surface area contributed by atoms with Gasteiger partial charge in [-0.1, -0.05) is 12.1 Å². The number of carbonyl (C=O) groups excluding carboxylic acids is 1. The molecule has 12 heteroatoms. The fraction of sp³-hybridized carbons (Fsp3) is 0.296. The highest BCUT2D eigenvalue weighted by molar-refractivity contribution is 5.93. The molecule has 0 bridgehead atoms. The van der Waals surface area contributed by atoms with Crippen molar-refractivity contribution in [2.75, 3.05) is 6.54 Å². The number of nitrogens with zero attached hydrogens (tertiary/aromatic N) is 7. The zero-order valence-electron chi connectivity index (χ0n) is 21.2. The van der Waals surface area contributed by atoms with Crippen molar-refractivity contribution in [1.82, 2.24) is 33.8 Å². The molecule has 0 aliphatic carbocycles. The molecule has 1 amide bonds. The highest BCUT2D eigenvalue weighted by atomic mass is 19.4. The SMILES string of the molecule is Cc1cccc2c1n(-c1ccc(-c3cncc4c3cnn4C)cn1)c(=O)n2CC(=O)N1CCC[C@H]1C(F)(F)F. The molecule has 0 N–H and O–H groups in total. The van der Waals surface area contributed by atoms with Crippen LogP contribution in [0.2, 0.25) is 0 Å². The van der Waals surface area contributed by atoms with Crippen LogP contribution in [0.25, 0.3) is 38.9 Å². The summed E-state index contributed by atoms with van der Waals surface area (Å²) in [5.74, 6) is -0.409. The first-order chi connectivity index (χ1) is 18.6. The average Bonchev–Trinajstić information content (AvgIpc) is 3.62. The van der Waals surface area contributed by atoms with E-state index in [2.05, 4.69) is 15.1 Å². The molecule has 6 rings (SSSR count). The number of fused-ring (bicyclic) bond motifs is 2. The topological polar surface area (TPSA) is 90.8 Å². The summed E-state index contributed by atoms with van der Waals surface area (Å²) < 4.78 is 44.8. The molecule has 5 aromatic rings. The van der Waals surface area contributed by atoms with E-state index in [0.717, 1.165) is 32.5 Å². The van der Waals surface area contributed by atoms with Crippen molar-refractivity contribution in [2.24, 2.45) is 7.05 Å². The molecule has 0 saturated carbocycles. The van der Waals surface area contributed by atoms with Gasteiger partial charge in [0.25, 0.3) is 0 Å². The fourth-order valence-corrected chi connectivity index (χ4v) is 5.44. The van der Waals surface area contributed by atoms with E-state index in [1.54, 1.807) is 47.7 Å². The van der Waals surface area contributed by atoms with Crippen LogP contribution in [0.15, 0.2) is 59.9 Å². The number of hydrogen-bond donors (Lipinski definition) is 0. The van der Waals surface area contributed by atoms with Crippen LogP contribution in [-0.2, 0) is 18.4 Å². The van der Waals surface area contributed by atoms with Gasteiger partial charge in [-0.15, -0.1) is 0 Å². The molecule has 9 nitrogen and oxygen atoms in total. The lowest BCUT2D eigenvalue weighted by atomic mass is 10.1. The van der Waals surface area contributed by atoms with Gasteiger partial charge in [0.15, 0.2) is 0 Å². The predicted molar refractivity (Wildman–Crippen MR) is 138 cm³/mol. The summed E-state index contributed by atoms with van der Waals surface area (Å²) in [5.41, 5.74) is 3.68. The number of hydrogen-bond acceptors (Lipinski definition) is 5. The minimum atomic E-state index is -4.51. The molecule has 1 atom stereocenters. The summed E-state index contributed by atoms with van der Waals surface area (Å²) in [7, 11) is 1.83. The van der Waals surface area contributed by atoms with Gasteiger partial charge in [-0.3, -0.25) is 19.0 Å². The summed E-state index contributed by atoms with van der Waals surface area (Å²) in [6.07, 6.45) is 2.46. The van der Waals surface area contributed by atoms with E-state index in [4.69, 9.17) is 0 Å². The highest BCUT2D eigenvalue weighted by Crippen LogP contribution is 2.33. The first-order valence-corrected chi connectivity index (χ1v) is 12.4. The Bertz CT molecular complexity index is 1780. The lowest BCUT2D eigenvalue weighted by Crippen LogP contribution is -2.46. The normalized spacial score (nSPS) is 16.0. The van der Waals surface area contributed by atoms with Gasteiger partial charge in [-0.25, -0.2) is 14.3 Å². The number of imidazole rings is 1. The third kappa shape index (κ3) is 4.06. The summed E-state index contributed by atoms with van der Waals surface area (Å²) in [6, 6.07) is 6.95. The van der Waals surface area contributed by atoms with Gasteiger partial charge in [0.1, 0.15) is 18.4 Å². The smallest absolute Gasteiger partial charge is 0.329 e. The Morgan fingerprint density at radius 2 is 1.90 bits per heavy atom. The van der Waals surface area contributed by atoms with Crippen molar-refractivity contribution in [3.63, 3.8) is 0 Å². The van der Waals surface area contributed by atoms with Gasteiger partial charge < -0.3 is 4.90 Å². The molecule has 1 aliphatic heterocycles. The molecule has 0 radical (unpaired) electrons. The Kier molecular flexibility index (Phi) is 5.77. The Hall–Kier alpha value is -4.48. The fourth-order valence-electron chi connectivity index (χ4n) is 5.44. The molecular formula is C27H24F3N7O2. The maximum absolute atomic E-state index is 13.7. The minimum absolute atomic E-state index is 0.0109. The molecule has 1 fully saturated rings. The Morgan fingerprint density at radius 1 is 1.08 bits per heavy atom. The lowest BCUT2D eigenvalue weighted by molar-refractivity contribution is -0.182. The number of pyridine rings is 2. The van der Waals surface area contributed by atoms with Crippen LogP contribution in [0.1, 0.15) is 18.4 Å². The van der Waals surface area contributed by atoms with Gasteiger partial charge in [-0.2, -0.15) is 18.3 Å². The first kappa shape index (κ1) is 24.8. The number of para-hydroxylation sites is 1. The quantitative estimate of drug-likeness (QED) is 0.347. The van der Waals surface area contributed by atoms with Crippen LogP contribution in [0, 0.1) is 6.92 Å². The van der Waals surface area contributed by atoms with Crippen molar-refractivity contribution in [3.8, 4) is 16.9 Å². The van der Waals surface area contributed by atoms with Gasteiger partial charge >= 0.3 is 11.9 Å². The molecule has 5 heterocycles. The van der Waals surface area contributed by atoms with Crippen molar-refractivity contribution in [2.45, 2.75) is 38.5 Å². The number of halogens is 3. The van der Waals surface area contributed by atoms with Crippen LogP contribution >= 0.6 is 0 Å². The third-order valence-corrected chi connectivity index (χ3v) is 7.36. The molecule has 1 aliphatic rings. The van der Waals surface area contributed by atoms with E-state index < -0.39 is 30.4 Å². The number of aryl methyl sites for hydroxylation is 2. The Morgan fingerprint density at radius 3 is 2.64 bits per heavy atom. The van der Waals surface area contributed by atoms with Crippen molar-refractivity contribution in [3.05, 3.63) is 71.2 Å². The standard InChI is InChI=1S/C27H24F3N7O2/c1-16-5-3-6-20-25(16)37(26(39)36(20)15-24(38)35-10-4-7-22(35)27(28,29)30)23-9-8-17(11-32-23)18-12-31-14-21-19(18)13-33-34(21)2/h3,5-6,8-9,11-14,22H,4,7,10,15H2,1-2H3/t22-/m0/s1. The van der Waals surface area contributed by atoms with E-state index in [9.17, 15) is 22.8 Å². The number of likely N-dealkylation sites (tertiary alicyclic amines) is 1. The van der Waals surface area contributed by atoms with Crippen LogP contribution in [0.5, 0.6) is 0 Å². The van der Waals surface area contributed by atoms with Crippen molar-refractivity contribution in [1.29, 1.82) is 0 Å². The Labute approximate surface area is 220 Å². The maximum Gasteiger partial charge on any atom is 0.408 e. The zero-order valence-corrected chi connectivity index (χ0v) is 21.2. The van der Waals surface area contributed by atoms with E-state index >= 15 is 0 Å². The number of benzene rings is 1. The van der Waals surface area contributed by atoms with Crippen LogP contribution in [0.3, 0.4) is 0 Å². The van der Waals surface area contributed by atoms with E-state index in [-0.39, 0.29) is 19.4 Å². The molecule has 1 saturated heterocycles. The predicted octanol–water partition coefficient (Wildman–Crippen LogP) is 4.00. The number of rotatable bonds is 4. The molecule has 4 aromatic heterocycles. The molecule has 0 spiro atoms. The van der Waals surface area contributed by atoms with Crippen LogP contribution in [-0.4, -0.2) is 58.5 Å². The maximum atomic E-state index is 13.7. The third-order valence-electron chi connectivity index (χ3n) is 7.36. The molecular weight excluding hydrogens is 511 g/mol. The second-order valence-corrected chi connectivity index (χ2v) is 9.73. The van der Waals surface area contributed by atoms with Crippen molar-refractivity contribution < 1.29 is 18.0 Å². The minimum Gasteiger partial charge on any atom is -0.329 e. The Balaban J connectivity index is 1.41. The summed E-state index contributed by atoms with van der Waals surface area (Å²) in [5, 5.41) is 5.20. The second-order valence-electron chi connectivity index (χ2n) is 9.73. The number of amides is 1. The largest absolute Gasteiger partial charge is 0.408 e. The molecule has 1 aromatic carbocycles. The van der Waals surface area contributed by atoms with Crippen LogP contribution in [0.4, 0.5) is 13.2 Å². The van der Waals surface area contributed by atoms with Gasteiger partial charge in [0.05, 0.1) is 28.9 Å². The number of alkyl halides is 3. The highest BCUT2D eigenvalue weighted by Gasteiger charge is 2.47. The van der Waals surface area contributed by atoms with Crippen molar-refractivity contribution >= 4 is 27.8 Å². The molecule has 0 unspecified atom stereocenters. The zero-order chi connectivity index (χ0) is 27.5. The van der Waals surface area contributed by atoms with E-state index in [0.29, 0.717) is 16.9 Å². The molecule has 200 valence electrons. The van der Waals surface area contributed by atoms with Gasteiger partial charge in [-0.05, 0) is 43.5 Å². The lowest BCUT2D eigenvalue weighted by Gasteiger charge is -2.26. The average molecular weight is 536 g/mol. The first-order valence-electron chi connectivity index (χ1n) is 12.4. The van der Waals surface area contributed by atoms with E-state index in [1.165, 1.54) is 9.13 Å². The van der Waals surface area contributed by atoms with E-state index in [1.807, 2.05) is 26.1 Å². The summed E-state index contributed by atoms with van der Waals surface area (Å²) >= 11 is 0. The van der Waals surface area contributed by atoms with Crippen LogP contribution < -0.4 is 5.69 Å². The second kappa shape index (κ2) is 9.07. The monoisotopic (exact) mass is 535 g/mol. The summed E-state index contributed by atoms with van der Waals surface area (Å²) in [4.78, 5) is 36.4. The summed E-state index contributed by atoms with van der Waals surface area (Å²) in [6.45, 7) is 1.34.